The van der Waals surface area contributed by atoms with Crippen molar-refractivity contribution >= 4 is 11.0 Å². The monoisotopic (exact) mass is 231 g/mol. The lowest BCUT2D eigenvalue weighted by atomic mass is 10.1. The molecule has 0 amide bonds. The van der Waals surface area contributed by atoms with E-state index in [0.717, 1.165) is 38.1 Å². The van der Waals surface area contributed by atoms with Crippen LogP contribution in [0.2, 0.25) is 0 Å². The summed E-state index contributed by atoms with van der Waals surface area (Å²) in [6, 6.07) is 8.34. The summed E-state index contributed by atoms with van der Waals surface area (Å²) in [5, 5.41) is 10.6. The molecule has 0 spiro atoms. The van der Waals surface area contributed by atoms with Gasteiger partial charge in [-0.3, -0.25) is 0 Å². The van der Waals surface area contributed by atoms with Crippen LogP contribution >= 0.6 is 0 Å². The van der Waals surface area contributed by atoms with Gasteiger partial charge in [-0.25, -0.2) is 0 Å². The van der Waals surface area contributed by atoms with Gasteiger partial charge in [0.25, 0.3) is 0 Å². The Labute approximate surface area is 101 Å². The zero-order chi connectivity index (χ0) is 11.7. The van der Waals surface area contributed by atoms with Gasteiger partial charge in [-0.05, 0) is 36.6 Å². The van der Waals surface area contributed by atoms with E-state index in [2.05, 4.69) is 17.0 Å². The van der Waals surface area contributed by atoms with Gasteiger partial charge in [0.2, 0.25) is 0 Å². The summed E-state index contributed by atoms with van der Waals surface area (Å²) in [5.41, 5.74) is 2.28. The molecular formula is C14H17NO2. The van der Waals surface area contributed by atoms with Crippen molar-refractivity contribution in [3.05, 3.63) is 36.1 Å². The van der Waals surface area contributed by atoms with Crippen LogP contribution in [-0.2, 0) is 6.42 Å². The van der Waals surface area contributed by atoms with E-state index in [0.29, 0.717) is 0 Å². The van der Waals surface area contributed by atoms with E-state index in [4.69, 9.17) is 4.42 Å². The highest BCUT2D eigenvalue weighted by Gasteiger charge is 2.19. The van der Waals surface area contributed by atoms with Gasteiger partial charge < -0.3 is 14.4 Å². The third-order valence-corrected chi connectivity index (χ3v) is 3.48. The number of aliphatic hydroxyl groups excluding tert-OH is 1. The molecule has 0 radical (unpaired) electrons. The van der Waals surface area contributed by atoms with Crippen molar-refractivity contribution in [2.75, 3.05) is 19.6 Å². The van der Waals surface area contributed by atoms with Crippen molar-refractivity contribution in [3.63, 3.8) is 0 Å². The van der Waals surface area contributed by atoms with E-state index in [1.54, 1.807) is 6.26 Å². The molecule has 0 saturated carbocycles. The van der Waals surface area contributed by atoms with E-state index < -0.39 is 0 Å². The quantitative estimate of drug-likeness (QED) is 0.878. The number of nitrogens with zero attached hydrogens (tertiary/aromatic N) is 1. The molecule has 1 saturated heterocycles. The molecule has 1 aromatic carbocycles. The molecule has 1 fully saturated rings. The number of hydrogen-bond donors (Lipinski definition) is 1. The second kappa shape index (κ2) is 4.51. The third kappa shape index (κ3) is 2.35. The molecule has 1 unspecified atom stereocenters. The Morgan fingerprint density at radius 3 is 3.12 bits per heavy atom. The third-order valence-electron chi connectivity index (χ3n) is 3.48. The summed E-state index contributed by atoms with van der Waals surface area (Å²) in [5.74, 6) is 0. The second-order valence-electron chi connectivity index (χ2n) is 4.79. The Balaban J connectivity index is 1.64. The minimum atomic E-state index is -0.119. The van der Waals surface area contributed by atoms with Gasteiger partial charge >= 0.3 is 0 Å². The number of β-amino-alcohol motifs (C(OH)–C–C–N with tert-alkyl or cyclic N) is 1. The van der Waals surface area contributed by atoms with E-state index in [1.807, 2.05) is 12.1 Å². The van der Waals surface area contributed by atoms with Gasteiger partial charge in [-0.1, -0.05) is 6.07 Å². The van der Waals surface area contributed by atoms with Crippen LogP contribution in [0.4, 0.5) is 0 Å². The minimum absolute atomic E-state index is 0.119. The van der Waals surface area contributed by atoms with Gasteiger partial charge in [0.15, 0.2) is 0 Å². The summed E-state index contributed by atoms with van der Waals surface area (Å²) in [4.78, 5) is 2.32. The smallest absolute Gasteiger partial charge is 0.133 e. The topological polar surface area (TPSA) is 36.6 Å². The van der Waals surface area contributed by atoms with Crippen molar-refractivity contribution < 1.29 is 9.52 Å². The van der Waals surface area contributed by atoms with Crippen LogP contribution in [0, 0.1) is 0 Å². The number of likely N-dealkylation sites (tertiary alicyclic amines) is 1. The maximum Gasteiger partial charge on any atom is 0.133 e. The van der Waals surface area contributed by atoms with Gasteiger partial charge in [0.05, 0.1) is 12.4 Å². The number of furan rings is 1. The molecule has 3 heteroatoms. The molecule has 1 aliphatic rings. The number of hydrogen-bond acceptors (Lipinski definition) is 3. The first kappa shape index (κ1) is 10.8. The molecular weight excluding hydrogens is 214 g/mol. The normalized spacial score (nSPS) is 21.4. The van der Waals surface area contributed by atoms with Gasteiger partial charge in [0.1, 0.15) is 5.58 Å². The van der Waals surface area contributed by atoms with Gasteiger partial charge in [0, 0.05) is 25.0 Å². The maximum absolute atomic E-state index is 9.46. The molecule has 2 heterocycles. The number of rotatable bonds is 3. The fourth-order valence-electron chi connectivity index (χ4n) is 2.47. The first-order valence-electron chi connectivity index (χ1n) is 6.18. The highest BCUT2D eigenvalue weighted by Crippen LogP contribution is 2.18. The minimum Gasteiger partial charge on any atom is -0.464 e. The zero-order valence-electron chi connectivity index (χ0n) is 9.80. The fraction of sp³-hybridized carbons (Fsp3) is 0.429. The average Bonchev–Trinajstić information content (AvgIpc) is 2.94. The summed E-state index contributed by atoms with van der Waals surface area (Å²) >= 11 is 0. The number of fused-ring (bicyclic) bond motifs is 1. The van der Waals surface area contributed by atoms with Crippen molar-refractivity contribution in [2.45, 2.75) is 18.9 Å². The van der Waals surface area contributed by atoms with Crippen LogP contribution in [0.25, 0.3) is 11.0 Å². The van der Waals surface area contributed by atoms with E-state index in [1.165, 1.54) is 10.9 Å². The lowest BCUT2D eigenvalue weighted by molar-refractivity contribution is 0.177. The Morgan fingerprint density at radius 1 is 1.35 bits per heavy atom. The first-order chi connectivity index (χ1) is 8.31. The van der Waals surface area contributed by atoms with Gasteiger partial charge in [-0.2, -0.15) is 0 Å². The number of aliphatic hydroxyl groups is 1. The molecule has 3 nitrogen and oxygen atoms in total. The fourth-order valence-corrected chi connectivity index (χ4v) is 2.47. The standard InChI is InChI=1S/C14H17NO2/c16-13-4-7-15(10-13)6-3-11-1-2-14-12(9-11)5-8-17-14/h1-2,5,8-9,13,16H,3-4,6-7,10H2. The van der Waals surface area contributed by atoms with Crippen LogP contribution in [0.5, 0.6) is 0 Å². The van der Waals surface area contributed by atoms with Crippen LogP contribution in [-0.4, -0.2) is 35.7 Å². The molecule has 1 atom stereocenters. The molecule has 90 valence electrons. The highest BCUT2D eigenvalue weighted by atomic mass is 16.3. The van der Waals surface area contributed by atoms with Crippen LogP contribution in [0.3, 0.4) is 0 Å². The largest absolute Gasteiger partial charge is 0.464 e. The van der Waals surface area contributed by atoms with Crippen molar-refractivity contribution in [3.8, 4) is 0 Å². The SMILES string of the molecule is OC1CCN(CCc2ccc3occc3c2)C1. The number of benzene rings is 1. The molecule has 0 bridgehead atoms. The molecule has 1 aliphatic heterocycles. The summed E-state index contributed by atoms with van der Waals surface area (Å²) in [6.45, 7) is 2.88. The Morgan fingerprint density at radius 2 is 2.29 bits per heavy atom. The Kier molecular flexibility index (Phi) is 2.87. The van der Waals surface area contributed by atoms with Crippen molar-refractivity contribution in [1.29, 1.82) is 0 Å². The highest BCUT2D eigenvalue weighted by molar-refractivity contribution is 5.77. The van der Waals surface area contributed by atoms with Crippen LogP contribution in [0.1, 0.15) is 12.0 Å². The molecule has 3 rings (SSSR count). The second-order valence-corrected chi connectivity index (χ2v) is 4.79. The van der Waals surface area contributed by atoms with Crippen molar-refractivity contribution in [2.24, 2.45) is 0 Å². The summed E-state index contributed by atoms with van der Waals surface area (Å²) in [7, 11) is 0. The van der Waals surface area contributed by atoms with E-state index >= 15 is 0 Å². The summed E-state index contributed by atoms with van der Waals surface area (Å²) in [6.07, 6.45) is 3.56. The van der Waals surface area contributed by atoms with E-state index in [-0.39, 0.29) is 6.10 Å². The predicted octanol–water partition coefficient (Wildman–Crippen LogP) is 2.04. The molecule has 1 aromatic heterocycles. The zero-order valence-corrected chi connectivity index (χ0v) is 9.80. The van der Waals surface area contributed by atoms with Gasteiger partial charge in [-0.15, -0.1) is 0 Å². The first-order valence-corrected chi connectivity index (χ1v) is 6.18. The average molecular weight is 231 g/mol. The van der Waals surface area contributed by atoms with Crippen LogP contribution in [0.15, 0.2) is 34.9 Å². The lowest BCUT2D eigenvalue weighted by Crippen LogP contribution is -2.24. The lowest BCUT2D eigenvalue weighted by Gasteiger charge is -2.14. The summed E-state index contributed by atoms with van der Waals surface area (Å²) < 4.78 is 5.32. The molecule has 1 N–H and O–H groups in total. The van der Waals surface area contributed by atoms with Crippen LogP contribution < -0.4 is 0 Å². The Hall–Kier alpha value is -1.32. The molecule has 17 heavy (non-hydrogen) atoms. The van der Waals surface area contributed by atoms with E-state index in [9.17, 15) is 5.11 Å². The Bertz CT molecular complexity index is 506. The predicted molar refractivity (Wildman–Crippen MR) is 67.0 cm³/mol. The molecule has 0 aliphatic carbocycles. The maximum atomic E-state index is 9.46. The van der Waals surface area contributed by atoms with Crippen molar-refractivity contribution in [1.82, 2.24) is 4.90 Å². The molecule has 2 aromatic rings.